The number of carbonyl (C=O) groups excluding carboxylic acids is 1. The fraction of sp³-hybridized carbons (Fsp3) is 0.600. The Balaban J connectivity index is 2.41. The molecule has 0 aliphatic carbocycles. The zero-order chi connectivity index (χ0) is 15.1. The molecule has 1 heterocycles. The molecule has 0 saturated heterocycles. The van der Waals surface area contributed by atoms with E-state index in [0.717, 1.165) is 30.8 Å². The van der Waals surface area contributed by atoms with E-state index in [0.29, 0.717) is 6.54 Å². The lowest BCUT2D eigenvalue weighted by Gasteiger charge is -2.21. The Labute approximate surface area is 121 Å². The third kappa shape index (κ3) is 5.07. The van der Waals surface area contributed by atoms with E-state index in [2.05, 4.69) is 17.0 Å². The fourth-order valence-electron chi connectivity index (χ4n) is 2.06. The highest BCUT2D eigenvalue weighted by Crippen LogP contribution is 2.03. The second-order valence-electron chi connectivity index (χ2n) is 5.31. The van der Waals surface area contributed by atoms with Crippen molar-refractivity contribution in [3.05, 3.63) is 30.1 Å². The van der Waals surface area contributed by atoms with Gasteiger partial charge in [-0.3, -0.25) is 4.68 Å². The largest absolute Gasteiger partial charge is 0.334 e. The second-order valence-corrected chi connectivity index (χ2v) is 5.31. The summed E-state index contributed by atoms with van der Waals surface area (Å²) in [4.78, 5) is 13.7. The lowest BCUT2D eigenvalue weighted by Crippen LogP contribution is -2.44. The third-order valence-electron chi connectivity index (χ3n) is 3.17. The molecule has 112 valence electrons. The zero-order valence-corrected chi connectivity index (χ0v) is 13.0. The van der Waals surface area contributed by atoms with E-state index in [1.54, 1.807) is 4.90 Å². The van der Waals surface area contributed by atoms with E-state index in [1.165, 1.54) is 0 Å². The van der Waals surface area contributed by atoms with Gasteiger partial charge in [0, 0.05) is 25.3 Å². The van der Waals surface area contributed by atoms with Crippen molar-refractivity contribution in [3.63, 3.8) is 0 Å². The lowest BCUT2D eigenvalue weighted by molar-refractivity contribution is 0.203. The summed E-state index contributed by atoms with van der Waals surface area (Å²) in [5.41, 5.74) is 2.12. The van der Waals surface area contributed by atoms with Crippen LogP contribution in [-0.2, 0) is 6.54 Å². The second kappa shape index (κ2) is 7.72. The van der Waals surface area contributed by atoms with E-state index in [1.807, 2.05) is 44.6 Å². The summed E-state index contributed by atoms with van der Waals surface area (Å²) >= 11 is 0. The van der Waals surface area contributed by atoms with E-state index in [9.17, 15) is 4.79 Å². The van der Waals surface area contributed by atoms with Gasteiger partial charge in [0.05, 0.1) is 12.2 Å². The molecule has 5 heteroatoms. The van der Waals surface area contributed by atoms with E-state index in [-0.39, 0.29) is 12.1 Å². The summed E-state index contributed by atoms with van der Waals surface area (Å²) in [6.45, 7) is 11.1. The van der Waals surface area contributed by atoms with Gasteiger partial charge in [0.1, 0.15) is 0 Å². The Morgan fingerprint density at radius 2 is 2.30 bits per heavy atom. The summed E-state index contributed by atoms with van der Waals surface area (Å²) in [5, 5.41) is 7.40. The molecule has 0 aliphatic rings. The van der Waals surface area contributed by atoms with Gasteiger partial charge in [-0.25, -0.2) is 4.79 Å². The number of carbonyl (C=O) groups is 1. The Morgan fingerprint density at radius 1 is 1.60 bits per heavy atom. The minimum atomic E-state index is -0.0388. The number of rotatable bonds is 7. The number of aromatic nitrogens is 2. The van der Waals surface area contributed by atoms with Crippen molar-refractivity contribution >= 4 is 6.03 Å². The standard InChI is InChI=1S/C15H26N4O/c1-6-7-8-9-18(5)15(20)16-13(3)11-19-14(4)10-12(2)17-19/h6,10,13H,1,7-9,11H2,2-5H3,(H,16,20). The normalized spacial score (nSPS) is 12.0. The first-order valence-electron chi connectivity index (χ1n) is 7.07. The molecule has 0 bridgehead atoms. The van der Waals surface area contributed by atoms with Gasteiger partial charge in [0.25, 0.3) is 0 Å². The smallest absolute Gasteiger partial charge is 0.317 e. The van der Waals surface area contributed by atoms with Gasteiger partial charge in [0.2, 0.25) is 0 Å². The highest BCUT2D eigenvalue weighted by atomic mass is 16.2. The zero-order valence-electron chi connectivity index (χ0n) is 13.0. The van der Waals surface area contributed by atoms with Crippen LogP contribution in [0.1, 0.15) is 31.2 Å². The van der Waals surface area contributed by atoms with Crippen LogP contribution in [0.5, 0.6) is 0 Å². The lowest BCUT2D eigenvalue weighted by atomic mass is 10.3. The molecule has 0 saturated carbocycles. The maximum atomic E-state index is 12.0. The number of unbranched alkanes of at least 4 members (excludes halogenated alkanes) is 1. The number of hydrogen-bond donors (Lipinski definition) is 1. The van der Waals surface area contributed by atoms with Crippen molar-refractivity contribution < 1.29 is 4.79 Å². The monoisotopic (exact) mass is 278 g/mol. The Morgan fingerprint density at radius 3 is 2.85 bits per heavy atom. The van der Waals surface area contributed by atoms with Gasteiger partial charge >= 0.3 is 6.03 Å². The average molecular weight is 278 g/mol. The van der Waals surface area contributed by atoms with Crippen LogP contribution in [0.3, 0.4) is 0 Å². The van der Waals surface area contributed by atoms with Crippen molar-refractivity contribution in [2.24, 2.45) is 0 Å². The van der Waals surface area contributed by atoms with Crippen LogP contribution < -0.4 is 5.32 Å². The molecule has 0 aliphatic heterocycles. The minimum Gasteiger partial charge on any atom is -0.334 e. The number of nitrogens with one attached hydrogen (secondary N) is 1. The van der Waals surface area contributed by atoms with Crippen LogP contribution in [0.2, 0.25) is 0 Å². The molecule has 0 radical (unpaired) electrons. The molecule has 20 heavy (non-hydrogen) atoms. The van der Waals surface area contributed by atoms with Gasteiger partial charge in [-0.15, -0.1) is 6.58 Å². The molecule has 2 amide bonds. The summed E-state index contributed by atoms with van der Waals surface area (Å²) < 4.78 is 1.93. The fourth-order valence-corrected chi connectivity index (χ4v) is 2.06. The van der Waals surface area contributed by atoms with Crippen LogP contribution >= 0.6 is 0 Å². The van der Waals surface area contributed by atoms with Crippen LogP contribution in [-0.4, -0.2) is 40.3 Å². The van der Waals surface area contributed by atoms with Crippen molar-refractivity contribution in [2.75, 3.05) is 13.6 Å². The minimum absolute atomic E-state index is 0.0388. The van der Waals surface area contributed by atoms with Crippen molar-refractivity contribution in [3.8, 4) is 0 Å². The van der Waals surface area contributed by atoms with Crippen molar-refractivity contribution in [2.45, 2.75) is 46.2 Å². The summed E-state index contributed by atoms with van der Waals surface area (Å²) in [5.74, 6) is 0. The highest BCUT2D eigenvalue weighted by Gasteiger charge is 2.13. The first-order valence-corrected chi connectivity index (χ1v) is 7.07. The highest BCUT2D eigenvalue weighted by molar-refractivity contribution is 5.74. The molecule has 1 unspecified atom stereocenters. The molecular weight excluding hydrogens is 252 g/mol. The molecule has 1 N–H and O–H groups in total. The van der Waals surface area contributed by atoms with Crippen LogP contribution in [0.25, 0.3) is 0 Å². The Kier molecular flexibility index (Phi) is 6.28. The maximum Gasteiger partial charge on any atom is 0.317 e. The molecular formula is C15H26N4O. The number of urea groups is 1. The van der Waals surface area contributed by atoms with Gasteiger partial charge in [0.15, 0.2) is 0 Å². The Bertz CT molecular complexity index is 453. The van der Waals surface area contributed by atoms with E-state index in [4.69, 9.17) is 0 Å². The van der Waals surface area contributed by atoms with Crippen LogP contribution in [0.4, 0.5) is 4.79 Å². The van der Waals surface area contributed by atoms with Gasteiger partial charge < -0.3 is 10.2 Å². The summed E-state index contributed by atoms with van der Waals surface area (Å²) in [7, 11) is 1.81. The molecule has 5 nitrogen and oxygen atoms in total. The molecule has 1 aromatic rings. The van der Waals surface area contributed by atoms with Gasteiger partial charge in [-0.2, -0.15) is 5.10 Å². The third-order valence-corrected chi connectivity index (χ3v) is 3.17. The van der Waals surface area contributed by atoms with Gasteiger partial charge in [-0.05, 0) is 39.7 Å². The molecule has 1 atom stereocenters. The number of amides is 2. The van der Waals surface area contributed by atoms with Crippen LogP contribution in [0.15, 0.2) is 18.7 Å². The van der Waals surface area contributed by atoms with E-state index >= 15 is 0 Å². The Hall–Kier alpha value is -1.78. The average Bonchev–Trinajstić information content (AvgIpc) is 2.67. The van der Waals surface area contributed by atoms with Crippen molar-refractivity contribution in [1.82, 2.24) is 20.0 Å². The molecule has 0 fully saturated rings. The molecule has 1 rings (SSSR count). The summed E-state index contributed by atoms with van der Waals surface area (Å²) in [6, 6.07) is 2.04. The maximum absolute atomic E-state index is 12.0. The summed E-state index contributed by atoms with van der Waals surface area (Å²) in [6.07, 6.45) is 3.75. The van der Waals surface area contributed by atoms with Crippen molar-refractivity contribution in [1.29, 1.82) is 0 Å². The number of aryl methyl sites for hydroxylation is 2. The predicted octanol–water partition coefficient (Wildman–Crippen LogP) is 2.50. The molecule has 0 spiro atoms. The topological polar surface area (TPSA) is 50.2 Å². The molecule has 0 aromatic carbocycles. The number of hydrogen-bond acceptors (Lipinski definition) is 2. The van der Waals surface area contributed by atoms with Crippen LogP contribution in [0, 0.1) is 13.8 Å². The number of nitrogens with zero attached hydrogens (tertiary/aromatic N) is 3. The first kappa shape index (κ1) is 16.3. The number of allylic oxidation sites excluding steroid dienone is 1. The molecule has 1 aromatic heterocycles. The van der Waals surface area contributed by atoms with Gasteiger partial charge in [-0.1, -0.05) is 6.08 Å². The first-order chi connectivity index (χ1) is 9.43. The van der Waals surface area contributed by atoms with E-state index < -0.39 is 0 Å². The SMILES string of the molecule is C=CCCCN(C)C(=O)NC(C)Cn1nc(C)cc1C. The predicted molar refractivity (Wildman–Crippen MR) is 81.8 cm³/mol. The quantitative estimate of drug-likeness (QED) is 0.615.